The quantitative estimate of drug-likeness (QED) is 0.750. The minimum Gasteiger partial charge on any atom is -0.304 e. The van der Waals surface area contributed by atoms with Gasteiger partial charge in [-0.15, -0.1) is 0 Å². The molecule has 3 heteroatoms. The largest absolute Gasteiger partial charge is 0.304 e. The average molecular weight is 286 g/mol. The van der Waals surface area contributed by atoms with Crippen LogP contribution in [0.15, 0.2) is 48.5 Å². The molecule has 2 aromatic carbocycles. The van der Waals surface area contributed by atoms with Gasteiger partial charge in [0.15, 0.2) is 0 Å². The molecule has 20 heavy (non-hydrogen) atoms. The number of nitrogens with zero attached hydrogens (tertiary/aromatic N) is 1. The van der Waals surface area contributed by atoms with Gasteiger partial charge < -0.3 is 4.90 Å². The minimum atomic E-state index is 0.0217. The van der Waals surface area contributed by atoms with Crippen LogP contribution in [0.3, 0.4) is 0 Å². The van der Waals surface area contributed by atoms with E-state index in [0.717, 1.165) is 5.69 Å². The van der Waals surface area contributed by atoms with Gasteiger partial charge in [0.05, 0.1) is 12.0 Å². The summed E-state index contributed by atoms with van der Waals surface area (Å²) in [7, 11) is 0. The van der Waals surface area contributed by atoms with Crippen molar-refractivity contribution in [2.75, 3.05) is 4.90 Å². The second-order valence-electron chi connectivity index (χ2n) is 5.33. The summed E-state index contributed by atoms with van der Waals surface area (Å²) in [6.45, 7) is 4.05. The molecule has 1 aliphatic heterocycles. The standard InChI is InChI=1S/C17H16ClNO/c1-11-3-5-13(6-4-11)16-12(2)17(20)19(16)15-9-7-14(18)8-10-15/h3-10,12,16H,1-2H3/t12-,16-/m0/s1. The first kappa shape index (κ1) is 13.2. The molecule has 1 saturated heterocycles. The molecular formula is C17H16ClNO. The van der Waals surface area contributed by atoms with E-state index in [9.17, 15) is 4.79 Å². The lowest BCUT2D eigenvalue weighted by Gasteiger charge is -2.46. The van der Waals surface area contributed by atoms with Crippen molar-refractivity contribution in [2.24, 2.45) is 5.92 Å². The van der Waals surface area contributed by atoms with E-state index in [2.05, 4.69) is 31.2 Å². The summed E-state index contributed by atoms with van der Waals surface area (Å²) < 4.78 is 0. The molecule has 2 nitrogen and oxygen atoms in total. The summed E-state index contributed by atoms with van der Waals surface area (Å²) in [6.07, 6.45) is 0. The van der Waals surface area contributed by atoms with Crippen molar-refractivity contribution in [1.29, 1.82) is 0 Å². The van der Waals surface area contributed by atoms with Crippen LogP contribution in [0.1, 0.15) is 24.1 Å². The highest BCUT2D eigenvalue weighted by Crippen LogP contribution is 2.43. The number of anilines is 1. The van der Waals surface area contributed by atoms with Gasteiger partial charge in [-0.2, -0.15) is 0 Å². The molecule has 1 aliphatic rings. The zero-order chi connectivity index (χ0) is 14.3. The summed E-state index contributed by atoms with van der Waals surface area (Å²) in [5.74, 6) is 0.186. The normalized spacial score (nSPS) is 21.8. The fraction of sp³-hybridized carbons (Fsp3) is 0.235. The number of amides is 1. The predicted octanol–water partition coefficient (Wildman–Crippen LogP) is 4.37. The van der Waals surface area contributed by atoms with E-state index in [1.54, 1.807) is 0 Å². The van der Waals surface area contributed by atoms with Crippen molar-refractivity contribution in [3.05, 3.63) is 64.7 Å². The van der Waals surface area contributed by atoms with E-state index >= 15 is 0 Å². The molecule has 0 aromatic heterocycles. The molecule has 0 saturated carbocycles. The highest BCUT2D eigenvalue weighted by atomic mass is 35.5. The van der Waals surface area contributed by atoms with Crippen molar-refractivity contribution in [3.8, 4) is 0 Å². The van der Waals surface area contributed by atoms with Crippen LogP contribution in [0.2, 0.25) is 5.02 Å². The summed E-state index contributed by atoms with van der Waals surface area (Å²) in [6, 6.07) is 15.9. The van der Waals surface area contributed by atoms with Crippen molar-refractivity contribution in [3.63, 3.8) is 0 Å². The Balaban J connectivity index is 1.95. The topological polar surface area (TPSA) is 20.3 Å². The second-order valence-corrected chi connectivity index (χ2v) is 5.77. The maximum Gasteiger partial charge on any atom is 0.232 e. The van der Waals surface area contributed by atoms with E-state index in [0.29, 0.717) is 5.02 Å². The van der Waals surface area contributed by atoms with Gasteiger partial charge in [-0.25, -0.2) is 0 Å². The number of carbonyl (C=O) groups is 1. The highest BCUT2D eigenvalue weighted by Gasteiger charge is 2.45. The van der Waals surface area contributed by atoms with Gasteiger partial charge in [0.25, 0.3) is 0 Å². The van der Waals surface area contributed by atoms with Gasteiger partial charge in [0, 0.05) is 10.7 Å². The van der Waals surface area contributed by atoms with E-state index in [1.165, 1.54) is 11.1 Å². The third-order valence-electron chi connectivity index (χ3n) is 3.90. The van der Waals surface area contributed by atoms with Crippen LogP contribution in [0.4, 0.5) is 5.69 Å². The number of benzene rings is 2. The van der Waals surface area contributed by atoms with E-state index in [4.69, 9.17) is 11.6 Å². The molecule has 2 atom stereocenters. The maximum absolute atomic E-state index is 12.2. The number of β-lactam (4-membered cyclic amide) rings is 1. The lowest BCUT2D eigenvalue weighted by atomic mass is 9.83. The number of hydrogen-bond acceptors (Lipinski definition) is 1. The highest BCUT2D eigenvalue weighted by molar-refractivity contribution is 6.30. The fourth-order valence-corrected chi connectivity index (χ4v) is 2.85. The van der Waals surface area contributed by atoms with Crippen molar-refractivity contribution >= 4 is 23.2 Å². The first-order chi connectivity index (χ1) is 9.58. The Morgan fingerprint density at radius 1 is 1.00 bits per heavy atom. The van der Waals surface area contributed by atoms with E-state index < -0.39 is 0 Å². The lowest BCUT2D eigenvalue weighted by molar-refractivity contribution is -0.129. The first-order valence-electron chi connectivity index (χ1n) is 6.73. The number of aryl methyl sites for hydroxylation is 1. The third-order valence-corrected chi connectivity index (χ3v) is 4.15. The van der Waals surface area contributed by atoms with Crippen LogP contribution in [-0.2, 0) is 4.79 Å². The zero-order valence-corrected chi connectivity index (χ0v) is 12.3. The Morgan fingerprint density at radius 2 is 1.60 bits per heavy atom. The van der Waals surface area contributed by atoms with Gasteiger partial charge >= 0.3 is 0 Å². The van der Waals surface area contributed by atoms with Gasteiger partial charge in [-0.05, 0) is 36.8 Å². The molecule has 0 bridgehead atoms. The summed E-state index contributed by atoms with van der Waals surface area (Å²) in [5.41, 5.74) is 3.31. The molecule has 0 aliphatic carbocycles. The molecule has 0 unspecified atom stereocenters. The minimum absolute atomic E-state index is 0.0217. The molecule has 102 valence electrons. The molecule has 1 heterocycles. The predicted molar refractivity (Wildman–Crippen MR) is 82.0 cm³/mol. The molecule has 0 radical (unpaired) electrons. The summed E-state index contributed by atoms with van der Waals surface area (Å²) >= 11 is 5.91. The summed E-state index contributed by atoms with van der Waals surface area (Å²) in [5, 5.41) is 0.682. The van der Waals surface area contributed by atoms with E-state index in [-0.39, 0.29) is 17.9 Å². The smallest absolute Gasteiger partial charge is 0.232 e. The first-order valence-corrected chi connectivity index (χ1v) is 7.11. The molecule has 0 spiro atoms. The maximum atomic E-state index is 12.2. The monoisotopic (exact) mass is 285 g/mol. The van der Waals surface area contributed by atoms with Crippen LogP contribution < -0.4 is 4.90 Å². The van der Waals surface area contributed by atoms with Crippen LogP contribution in [0.25, 0.3) is 0 Å². The SMILES string of the molecule is Cc1ccc([C@@H]2[C@H](C)C(=O)N2c2ccc(Cl)cc2)cc1. The van der Waals surface area contributed by atoms with Gasteiger partial charge in [-0.1, -0.05) is 48.4 Å². The number of halogens is 1. The van der Waals surface area contributed by atoms with Crippen LogP contribution in [0, 0.1) is 12.8 Å². The third kappa shape index (κ3) is 2.10. The van der Waals surface area contributed by atoms with E-state index in [1.807, 2.05) is 36.1 Å². The van der Waals surface area contributed by atoms with Crippen LogP contribution in [-0.4, -0.2) is 5.91 Å². The van der Waals surface area contributed by atoms with Gasteiger partial charge in [0.1, 0.15) is 0 Å². The molecule has 3 rings (SSSR count). The Hall–Kier alpha value is -1.80. The van der Waals surface area contributed by atoms with Gasteiger partial charge in [-0.3, -0.25) is 4.79 Å². The molecule has 0 N–H and O–H groups in total. The molecule has 2 aromatic rings. The fourth-order valence-electron chi connectivity index (χ4n) is 2.72. The van der Waals surface area contributed by atoms with Crippen molar-refractivity contribution in [1.82, 2.24) is 0 Å². The lowest BCUT2D eigenvalue weighted by Crippen LogP contribution is -2.54. The zero-order valence-electron chi connectivity index (χ0n) is 11.5. The summed E-state index contributed by atoms with van der Waals surface area (Å²) in [4.78, 5) is 14.0. The van der Waals surface area contributed by atoms with Gasteiger partial charge in [0.2, 0.25) is 5.91 Å². The average Bonchev–Trinajstić information content (AvgIpc) is 2.46. The Bertz CT molecular complexity index is 633. The van der Waals surface area contributed by atoms with Crippen molar-refractivity contribution in [2.45, 2.75) is 19.9 Å². The second kappa shape index (κ2) is 4.95. The number of carbonyl (C=O) groups excluding carboxylic acids is 1. The molecular weight excluding hydrogens is 270 g/mol. The Morgan fingerprint density at radius 3 is 2.20 bits per heavy atom. The number of rotatable bonds is 2. The molecule has 1 fully saturated rings. The van der Waals surface area contributed by atoms with Crippen LogP contribution in [0.5, 0.6) is 0 Å². The Labute approximate surface area is 124 Å². The molecule has 1 amide bonds. The van der Waals surface area contributed by atoms with Crippen molar-refractivity contribution < 1.29 is 4.79 Å². The van der Waals surface area contributed by atoms with Crippen LogP contribution >= 0.6 is 11.6 Å². The Kier molecular flexibility index (Phi) is 3.27. The number of hydrogen-bond donors (Lipinski definition) is 0.